The molecule has 1 unspecified atom stereocenters. The van der Waals surface area contributed by atoms with Crippen molar-refractivity contribution < 1.29 is 23.9 Å². The van der Waals surface area contributed by atoms with E-state index in [0.29, 0.717) is 18.4 Å². The van der Waals surface area contributed by atoms with E-state index >= 15 is 0 Å². The Labute approximate surface area is 127 Å². The van der Waals surface area contributed by atoms with Crippen molar-refractivity contribution in [1.29, 1.82) is 0 Å². The van der Waals surface area contributed by atoms with Crippen LogP contribution in [-0.2, 0) is 14.4 Å². The number of amides is 2. The third-order valence-electron chi connectivity index (χ3n) is 2.91. The molecule has 1 rings (SSSR count). The number of halogens is 1. The Morgan fingerprint density at radius 1 is 1.18 bits per heavy atom. The third-order valence-corrected chi connectivity index (χ3v) is 2.91. The van der Waals surface area contributed by atoms with E-state index in [2.05, 4.69) is 10.6 Å². The summed E-state index contributed by atoms with van der Waals surface area (Å²) in [7, 11) is 0. The van der Waals surface area contributed by atoms with Gasteiger partial charge in [-0.05, 0) is 24.1 Å². The van der Waals surface area contributed by atoms with Crippen LogP contribution in [0.15, 0.2) is 24.3 Å². The number of rotatable bonds is 8. The van der Waals surface area contributed by atoms with Crippen LogP contribution in [0.1, 0.15) is 37.8 Å². The predicted octanol–water partition coefficient (Wildman–Crippen LogP) is 1.37. The Morgan fingerprint density at radius 2 is 1.82 bits per heavy atom. The fourth-order valence-electron chi connectivity index (χ4n) is 1.86. The number of carboxylic acids is 1. The minimum Gasteiger partial charge on any atom is -0.481 e. The molecule has 1 aromatic rings. The van der Waals surface area contributed by atoms with Crippen molar-refractivity contribution in [2.75, 3.05) is 6.54 Å². The second-order valence-corrected chi connectivity index (χ2v) is 4.80. The van der Waals surface area contributed by atoms with Gasteiger partial charge in [-0.2, -0.15) is 0 Å². The molecule has 0 radical (unpaired) electrons. The molecule has 0 aliphatic heterocycles. The Morgan fingerprint density at radius 3 is 2.36 bits per heavy atom. The van der Waals surface area contributed by atoms with Crippen molar-refractivity contribution in [3.05, 3.63) is 35.6 Å². The van der Waals surface area contributed by atoms with Crippen LogP contribution < -0.4 is 10.6 Å². The highest BCUT2D eigenvalue weighted by Crippen LogP contribution is 2.17. The average molecular weight is 310 g/mol. The van der Waals surface area contributed by atoms with Crippen LogP contribution in [0.4, 0.5) is 4.39 Å². The minimum absolute atomic E-state index is 0.226. The van der Waals surface area contributed by atoms with Gasteiger partial charge >= 0.3 is 5.97 Å². The number of nitrogens with one attached hydrogen (secondary N) is 2. The Hall–Kier alpha value is -2.44. The SMILES string of the molecule is CCCC(=O)NCC(=O)NC(CC(=O)O)c1ccc(F)cc1. The first-order chi connectivity index (χ1) is 10.4. The highest BCUT2D eigenvalue weighted by Gasteiger charge is 2.18. The summed E-state index contributed by atoms with van der Waals surface area (Å²) in [6.45, 7) is 1.62. The Kier molecular flexibility index (Phi) is 7.01. The Balaban J connectivity index is 2.65. The van der Waals surface area contributed by atoms with Gasteiger partial charge in [0.15, 0.2) is 0 Å². The Bertz CT molecular complexity index is 531. The van der Waals surface area contributed by atoms with Crippen LogP contribution in [-0.4, -0.2) is 29.4 Å². The maximum atomic E-state index is 12.9. The zero-order chi connectivity index (χ0) is 16.5. The number of carbonyl (C=O) groups excluding carboxylic acids is 2. The van der Waals surface area contributed by atoms with E-state index in [-0.39, 0.29) is 18.9 Å². The highest BCUT2D eigenvalue weighted by molar-refractivity contribution is 5.85. The summed E-state index contributed by atoms with van der Waals surface area (Å²) >= 11 is 0. The van der Waals surface area contributed by atoms with Gasteiger partial charge < -0.3 is 15.7 Å². The first kappa shape index (κ1) is 17.6. The molecule has 1 aromatic carbocycles. The molecule has 0 spiro atoms. The maximum absolute atomic E-state index is 12.9. The molecular weight excluding hydrogens is 291 g/mol. The number of carbonyl (C=O) groups is 3. The molecule has 0 saturated carbocycles. The zero-order valence-corrected chi connectivity index (χ0v) is 12.3. The van der Waals surface area contributed by atoms with Crippen LogP contribution in [0.3, 0.4) is 0 Å². The van der Waals surface area contributed by atoms with Crippen LogP contribution in [0.25, 0.3) is 0 Å². The fraction of sp³-hybridized carbons (Fsp3) is 0.400. The normalized spacial score (nSPS) is 11.5. The average Bonchev–Trinajstić information content (AvgIpc) is 2.45. The van der Waals surface area contributed by atoms with Gasteiger partial charge in [-0.25, -0.2) is 4.39 Å². The van der Waals surface area contributed by atoms with E-state index in [9.17, 15) is 18.8 Å². The number of carboxylic acid groups (broad SMARTS) is 1. The van der Waals surface area contributed by atoms with Crippen LogP contribution in [0.2, 0.25) is 0 Å². The van der Waals surface area contributed by atoms with E-state index < -0.39 is 23.7 Å². The minimum atomic E-state index is -1.09. The van der Waals surface area contributed by atoms with Gasteiger partial charge in [0.1, 0.15) is 5.82 Å². The van der Waals surface area contributed by atoms with Crippen molar-refractivity contribution in [1.82, 2.24) is 10.6 Å². The lowest BCUT2D eigenvalue weighted by Gasteiger charge is -2.17. The summed E-state index contributed by atoms with van der Waals surface area (Å²) in [5, 5.41) is 13.9. The first-order valence-corrected chi connectivity index (χ1v) is 6.95. The molecular formula is C15H19FN2O4. The van der Waals surface area contributed by atoms with E-state index in [4.69, 9.17) is 5.11 Å². The van der Waals surface area contributed by atoms with Crippen molar-refractivity contribution in [2.45, 2.75) is 32.2 Å². The first-order valence-electron chi connectivity index (χ1n) is 6.95. The van der Waals surface area contributed by atoms with Gasteiger partial charge in [0.2, 0.25) is 11.8 Å². The number of benzene rings is 1. The van der Waals surface area contributed by atoms with E-state index in [1.807, 2.05) is 6.92 Å². The van der Waals surface area contributed by atoms with Gasteiger partial charge in [-0.1, -0.05) is 19.1 Å². The standard InChI is InChI=1S/C15H19FN2O4/c1-2-3-13(19)17-9-14(20)18-12(8-15(21)22)10-4-6-11(16)7-5-10/h4-7,12H,2-3,8-9H2,1H3,(H,17,19)(H,18,20)(H,21,22). The molecule has 0 fully saturated rings. The lowest BCUT2D eigenvalue weighted by Crippen LogP contribution is -2.39. The largest absolute Gasteiger partial charge is 0.481 e. The van der Waals surface area contributed by atoms with Crippen LogP contribution in [0, 0.1) is 5.82 Å². The molecule has 0 aliphatic rings. The summed E-state index contributed by atoms with van der Waals surface area (Å²) < 4.78 is 12.9. The second-order valence-electron chi connectivity index (χ2n) is 4.80. The molecule has 0 aliphatic carbocycles. The maximum Gasteiger partial charge on any atom is 0.305 e. The topological polar surface area (TPSA) is 95.5 Å². The smallest absolute Gasteiger partial charge is 0.305 e. The molecule has 1 atom stereocenters. The van der Waals surface area contributed by atoms with Gasteiger partial charge in [0.25, 0.3) is 0 Å². The third kappa shape index (κ3) is 6.34. The summed E-state index contributed by atoms with van der Waals surface area (Å²) in [6, 6.07) is 4.44. The van der Waals surface area contributed by atoms with Crippen molar-refractivity contribution >= 4 is 17.8 Å². The molecule has 0 heterocycles. The molecule has 0 bridgehead atoms. The van der Waals surface area contributed by atoms with E-state index in [1.165, 1.54) is 24.3 Å². The quantitative estimate of drug-likeness (QED) is 0.676. The van der Waals surface area contributed by atoms with E-state index in [0.717, 1.165) is 0 Å². The summed E-state index contributed by atoms with van der Waals surface area (Å²) in [5.74, 6) is -2.28. The monoisotopic (exact) mass is 310 g/mol. The summed E-state index contributed by atoms with van der Waals surface area (Å²) in [4.78, 5) is 34.0. The van der Waals surface area contributed by atoms with E-state index in [1.54, 1.807) is 0 Å². The molecule has 120 valence electrons. The molecule has 6 nitrogen and oxygen atoms in total. The number of hydrogen-bond acceptors (Lipinski definition) is 3. The fourth-order valence-corrected chi connectivity index (χ4v) is 1.86. The van der Waals surface area contributed by atoms with Gasteiger partial charge in [0.05, 0.1) is 19.0 Å². The lowest BCUT2D eigenvalue weighted by atomic mass is 10.0. The zero-order valence-electron chi connectivity index (χ0n) is 12.3. The van der Waals surface area contributed by atoms with Gasteiger partial charge in [-0.15, -0.1) is 0 Å². The molecule has 22 heavy (non-hydrogen) atoms. The molecule has 3 N–H and O–H groups in total. The second kappa shape index (κ2) is 8.76. The molecule has 7 heteroatoms. The molecule has 0 saturated heterocycles. The van der Waals surface area contributed by atoms with Gasteiger partial charge in [-0.3, -0.25) is 14.4 Å². The van der Waals surface area contributed by atoms with Crippen molar-refractivity contribution in [2.24, 2.45) is 0 Å². The predicted molar refractivity (Wildman–Crippen MR) is 77.5 cm³/mol. The molecule has 0 aromatic heterocycles. The summed E-state index contributed by atoms with van der Waals surface area (Å²) in [5.41, 5.74) is 0.483. The number of hydrogen-bond donors (Lipinski definition) is 3. The van der Waals surface area contributed by atoms with Crippen LogP contribution in [0.5, 0.6) is 0 Å². The van der Waals surface area contributed by atoms with Crippen LogP contribution >= 0.6 is 0 Å². The molecule has 2 amide bonds. The lowest BCUT2D eigenvalue weighted by molar-refractivity contribution is -0.138. The van der Waals surface area contributed by atoms with Crippen molar-refractivity contribution in [3.8, 4) is 0 Å². The van der Waals surface area contributed by atoms with Gasteiger partial charge in [0, 0.05) is 6.42 Å². The summed E-state index contributed by atoms with van der Waals surface area (Å²) in [6.07, 6.45) is 0.661. The highest BCUT2D eigenvalue weighted by atomic mass is 19.1. The number of aliphatic carboxylic acids is 1. The van der Waals surface area contributed by atoms with Crippen molar-refractivity contribution in [3.63, 3.8) is 0 Å².